The van der Waals surface area contributed by atoms with E-state index in [0.717, 1.165) is 96.3 Å². The van der Waals surface area contributed by atoms with Crippen LogP contribution in [0.25, 0.3) is 0 Å². The number of carboxylic acids is 1. The van der Waals surface area contributed by atoms with Gasteiger partial charge in [-0.25, -0.2) is 0 Å². The zero-order chi connectivity index (χ0) is 90.5. The van der Waals surface area contributed by atoms with Crippen molar-refractivity contribution < 1.29 is 139 Å². The smallest absolute Gasteiger partial charge is 0.307 e. The van der Waals surface area contributed by atoms with Crippen molar-refractivity contribution in [2.45, 2.75) is 362 Å². The Hall–Kier alpha value is -8.19. The number of aliphatic carboxylic acids is 1. The van der Waals surface area contributed by atoms with E-state index >= 15 is 0 Å². The number of esters is 7. The SMILES string of the molecule is CCC(OC(=O)CCC(=O)O)C(=O)N(CCCNC(=O)CCCCCCCCCO[C@@H]1OC(COC(C)=O)[C@H](OC(C)=O)[C@H](C)C1NC(C)=O)CCCN(CCCNC(=O)CCCCCCCCCO[C@@H]1OC(COC(C)=O)[C@H](OC(C)=O)[C@H](C)C1NC(C)=O)C(=O)CCCCCCCCCO[C@@H]1OC(COC(C)=O)[C@H](OC(C)=O)[C@H](C)C1NC(C)=O. The van der Waals surface area contributed by atoms with Crippen molar-refractivity contribution in [1.29, 1.82) is 0 Å². The van der Waals surface area contributed by atoms with Crippen molar-refractivity contribution >= 4 is 89.1 Å². The summed E-state index contributed by atoms with van der Waals surface area (Å²) >= 11 is 0. The molecule has 0 aromatic rings. The third-order valence-electron chi connectivity index (χ3n) is 21.3. The number of carboxylic acid groups (broad SMARTS) is 1. The average molecular weight is 1740 g/mol. The minimum Gasteiger partial charge on any atom is -0.481 e. The number of nitrogens with zero attached hydrogens (tertiary/aromatic N) is 2. The first-order valence-corrected chi connectivity index (χ1v) is 44.2. The van der Waals surface area contributed by atoms with Crippen molar-refractivity contribution in [3.63, 3.8) is 0 Å². The lowest BCUT2D eigenvalue weighted by Gasteiger charge is -2.44. The molecule has 698 valence electrons. The second-order valence-electron chi connectivity index (χ2n) is 32.0. The molecule has 7 amide bonds. The minimum atomic E-state index is -1.21. The molecule has 3 aliphatic rings. The van der Waals surface area contributed by atoms with Crippen LogP contribution in [-0.4, -0.2) is 263 Å². The van der Waals surface area contributed by atoms with Crippen LogP contribution in [0.2, 0.25) is 0 Å². The Labute approximate surface area is 720 Å². The third kappa shape index (κ3) is 46.0. The van der Waals surface area contributed by atoms with E-state index in [9.17, 15) is 77.0 Å². The molecule has 3 rings (SSSR count). The molecule has 0 aromatic heterocycles. The van der Waals surface area contributed by atoms with Crippen LogP contribution in [0, 0.1) is 17.8 Å². The first-order chi connectivity index (χ1) is 58.1. The molecule has 36 heteroatoms. The van der Waals surface area contributed by atoms with Gasteiger partial charge in [0.2, 0.25) is 35.4 Å². The summed E-state index contributed by atoms with van der Waals surface area (Å²) in [6, 6.07) is -1.92. The molecule has 16 atom stereocenters. The number of unbranched alkanes of at least 4 members (excludes halogenated alkanes) is 18. The van der Waals surface area contributed by atoms with Gasteiger partial charge in [-0.2, -0.15) is 0 Å². The van der Waals surface area contributed by atoms with Crippen molar-refractivity contribution in [1.82, 2.24) is 36.4 Å². The highest BCUT2D eigenvalue weighted by atomic mass is 16.7. The van der Waals surface area contributed by atoms with Crippen molar-refractivity contribution in [2.24, 2.45) is 17.8 Å². The third-order valence-corrected chi connectivity index (χ3v) is 21.3. The van der Waals surface area contributed by atoms with Gasteiger partial charge in [0.25, 0.3) is 5.91 Å². The molecular weight excluding hydrogens is 1590 g/mol. The fourth-order valence-electron chi connectivity index (χ4n) is 15.1. The summed E-state index contributed by atoms with van der Waals surface area (Å²) in [5, 5.41) is 23.8. The molecule has 0 saturated carbocycles. The van der Waals surface area contributed by atoms with E-state index in [1.165, 1.54) is 62.3 Å². The van der Waals surface area contributed by atoms with Crippen LogP contribution in [0.5, 0.6) is 0 Å². The summed E-state index contributed by atoms with van der Waals surface area (Å²) in [7, 11) is 0. The number of hydrogen-bond donors (Lipinski definition) is 6. The number of hydrogen-bond acceptors (Lipinski definition) is 28. The Kier molecular flexibility index (Phi) is 54.9. The Morgan fingerprint density at radius 3 is 0.975 bits per heavy atom. The minimum absolute atomic E-state index is 0.0910. The molecular formula is C86H145N7O29. The molecule has 36 nitrogen and oxygen atoms in total. The number of carbonyl (C=O) groups is 15. The van der Waals surface area contributed by atoms with E-state index < -0.39 is 164 Å². The summed E-state index contributed by atoms with van der Waals surface area (Å²) in [5.74, 6) is -8.33. The van der Waals surface area contributed by atoms with E-state index in [4.69, 9.17) is 61.6 Å². The van der Waals surface area contributed by atoms with Crippen LogP contribution >= 0.6 is 0 Å². The second-order valence-corrected chi connectivity index (χ2v) is 32.0. The molecule has 3 heterocycles. The van der Waals surface area contributed by atoms with Crippen LogP contribution in [0.15, 0.2) is 0 Å². The van der Waals surface area contributed by atoms with Gasteiger partial charge in [0.05, 0.1) is 31.0 Å². The molecule has 0 spiro atoms. The normalized spacial score (nSPS) is 22.6. The standard InChI is InChI=1S/C86H145N7O29/c1-14-68(119-76(108)43-42-75(106)107)83(109)93(47-37-45-88-73(104)40-31-25-19-16-22-28-34-51-111-85-78(90-60(6)95)57(3)81(117-66(12)101)70(121-85)54-114-63(9)98)49-38-48-92(74(105)41-32-26-20-17-23-29-35-52-112-86-79(91-61(7)96)58(4)82(118-67(13)102)71(122-86)55-115-64(10)99)46-36-44-87-72(103)39-30-24-18-15-21-27-33-50-110-84-77(89-59(5)94)56(2)80(116-65(11)100)69(120-84)53-113-62(8)97/h56-58,68-71,77-82,84-86H,14-55H2,1-13H3,(H,87,103)(H,88,104)(H,89,94)(H,90,95)(H,91,96)(H,106,107)/t56-,57-,58-,68?,69?,70?,71?,77?,78?,79?,80-,81-,82-,84-,85-,86-/m1/s1. The summed E-state index contributed by atoms with van der Waals surface area (Å²) in [6.07, 6.45) is 9.65. The van der Waals surface area contributed by atoms with Crippen LogP contribution in [0.1, 0.15) is 283 Å². The highest BCUT2D eigenvalue weighted by molar-refractivity contribution is 5.85. The lowest BCUT2D eigenvalue weighted by molar-refractivity contribution is -0.262. The Balaban J connectivity index is 1.58. The van der Waals surface area contributed by atoms with Gasteiger partial charge in [0, 0.05) is 158 Å². The number of ether oxygens (including phenoxy) is 13. The van der Waals surface area contributed by atoms with Gasteiger partial charge in [-0.05, 0) is 64.2 Å². The van der Waals surface area contributed by atoms with Gasteiger partial charge in [-0.1, -0.05) is 124 Å². The molecule has 0 aromatic carbocycles. The van der Waals surface area contributed by atoms with E-state index in [1.807, 2.05) is 6.92 Å². The fraction of sp³-hybridized carbons (Fsp3) is 0.826. The van der Waals surface area contributed by atoms with Crippen LogP contribution in [-0.2, 0) is 133 Å². The van der Waals surface area contributed by atoms with Crippen LogP contribution in [0.3, 0.4) is 0 Å². The maximum absolute atomic E-state index is 14.3. The maximum Gasteiger partial charge on any atom is 0.307 e. The Morgan fingerprint density at radius 2 is 0.664 bits per heavy atom. The maximum atomic E-state index is 14.3. The zero-order valence-corrected chi connectivity index (χ0v) is 74.7. The summed E-state index contributed by atoms with van der Waals surface area (Å²) in [6.45, 7) is 20.7. The number of nitrogens with one attached hydrogen (secondary N) is 5. The van der Waals surface area contributed by atoms with E-state index in [0.29, 0.717) is 104 Å². The summed E-state index contributed by atoms with van der Waals surface area (Å²) < 4.78 is 74.6. The zero-order valence-electron chi connectivity index (χ0n) is 74.7. The predicted molar refractivity (Wildman–Crippen MR) is 442 cm³/mol. The van der Waals surface area contributed by atoms with E-state index in [2.05, 4.69) is 26.6 Å². The van der Waals surface area contributed by atoms with Gasteiger partial charge in [0.1, 0.15) is 56.4 Å². The predicted octanol–water partition coefficient (Wildman–Crippen LogP) is 7.73. The molecule has 3 fully saturated rings. The molecule has 7 unspecified atom stereocenters. The quantitative estimate of drug-likeness (QED) is 0.0193. The molecule has 3 saturated heterocycles. The van der Waals surface area contributed by atoms with Gasteiger partial charge in [-0.3, -0.25) is 71.9 Å². The van der Waals surface area contributed by atoms with E-state index in [-0.39, 0.29) is 94.3 Å². The highest BCUT2D eigenvalue weighted by Gasteiger charge is 2.50. The van der Waals surface area contributed by atoms with E-state index in [1.54, 1.807) is 30.6 Å². The first-order valence-electron chi connectivity index (χ1n) is 44.2. The molecule has 6 N–H and O–H groups in total. The summed E-state index contributed by atoms with van der Waals surface area (Å²) in [5.41, 5.74) is 0. The molecule has 0 radical (unpaired) electrons. The lowest BCUT2D eigenvalue weighted by Crippen LogP contribution is -2.62. The molecule has 0 bridgehead atoms. The number of rotatable bonds is 63. The monoisotopic (exact) mass is 1740 g/mol. The second kappa shape index (κ2) is 62.0. The molecule has 3 aliphatic heterocycles. The largest absolute Gasteiger partial charge is 0.481 e. The van der Waals surface area contributed by atoms with Crippen molar-refractivity contribution in [3.8, 4) is 0 Å². The van der Waals surface area contributed by atoms with Gasteiger partial charge in [-0.15, -0.1) is 0 Å². The number of carbonyl (C=O) groups excluding carboxylic acids is 14. The Morgan fingerprint density at radius 1 is 0.361 bits per heavy atom. The van der Waals surface area contributed by atoms with Gasteiger partial charge in [0.15, 0.2) is 25.0 Å². The van der Waals surface area contributed by atoms with Gasteiger partial charge >= 0.3 is 47.8 Å². The number of amides is 7. The first kappa shape index (κ1) is 108. The van der Waals surface area contributed by atoms with Crippen molar-refractivity contribution in [3.05, 3.63) is 0 Å². The highest BCUT2D eigenvalue weighted by Crippen LogP contribution is 2.34. The van der Waals surface area contributed by atoms with Crippen LogP contribution in [0.4, 0.5) is 0 Å². The lowest BCUT2D eigenvalue weighted by atomic mass is 9.88. The fourth-order valence-corrected chi connectivity index (χ4v) is 15.1. The van der Waals surface area contributed by atoms with Gasteiger partial charge < -0.3 is 103 Å². The summed E-state index contributed by atoms with van der Waals surface area (Å²) in [4.78, 5) is 190. The average Bonchev–Trinajstić information content (AvgIpc) is 0.806. The van der Waals surface area contributed by atoms with Crippen LogP contribution < -0.4 is 26.6 Å². The Bertz CT molecular complexity index is 3200. The topological polar surface area (TPSA) is 463 Å². The molecule has 122 heavy (non-hydrogen) atoms. The van der Waals surface area contributed by atoms with Crippen molar-refractivity contribution in [2.75, 3.05) is 78.9 Å². The molecule has 0 aliphatic carbocycles.